The van der Waals surface area contributed by atoms with E-state index in [-0.39, 0.29) is 11.9 Å². The summed E-state index contributed by atoms with van der Waals surface area (Å²) in [4.78, 5) is 29.6. The molecule has 3 aromatic rings. The number of carbonyl (C=O) groups excluding carboxylic acids is 1. The van der Waals surface area contributed by atoms with Crippen molar-refractivity contribution in [3.63, 3.8) is 0 Å². The largest absolute Gasteiger partial charge is 0.340 e. The van der Waals surface area contributed by atoms with Gasteiger partial charge in [-0.3, -0.25) is 14.5 Å². The van der Waals surface area contributed by atoms with E-state index in [1.165, 1.54) is 0 Å². The first-order valence-electron chi connectivity index (χ1n) is 8.89. The molecule has 0 saturated heterocycles. The maximum absolute atomic E-state index is 12.8. The van der Waals surface area contributed by atoms with Gasteiger partial charge in [0.05, 0.1) is 36.9 Å². The average molecular weight is 363 g/mol. The van der Waals surface area contributed by atoms with Gasteiger partial charge in [0.1, 0.15) is 0 Å². The van der Waals surface area contributed by atoms with Crippen LogP contribution in [-0.2, 0) is 17.9 Å². The van der Waals surface area contributed by atoms with Crippen LogP contribution in [0.2, 0.25) is 0 Å². The summed E-state index contributed by atoms with van der Waals surface area (Å²) in [6, 6.07) is 9.42. The van der Waals surface area contributed by atoms with Gasteiger partial charge in [0.15, 0.2) is 0 Å². The van der Waals surface area contributed by atoms with E-state index in [9.17, 15) is 4.79 Å². The van der Waals surface area contributed by atoms with Crippen LogP contribution in [0.3, 0.4) is 0 Å². The van der Waals surface area contributed by atoms with Gasteiger partial charge in [-0.1, -0.05) is 6.07 Å². The molecule has 0 spiro atoms. The molecule has 0 aromatic carbocycles. The normalized spacial score (nSPS) is 16.0. The second-order valence-corrected chi connectivity index (χ2v) is 6.63. The SMILES string of the molecule is CN(Cc1ccccn1)C(=O)C[C@@H]1CN(c2ncccn2)Cc2ccnn21. The first-order chi connectivity index (χ1) is 13.2. The molecule has 3 aromatic heterocycles. The van der Waals surface area contributed by atoms with Crippen LogP contribution in [0.5, 0.6) is 0 Å². The summed E-state index contributed by atoms with van der Waals surface area (Å²) in [6.45, 7) is 1.81. The fraction of sp³-hybridized carbons (Fsp3) is 0.316. The molecule has 8 heteroatoms. The van der Waals surface area contributed by atoms with Gasteiger partial charge in [-0.05, 0) is 24.3 Å². The number of hydrogen-bond donors (Lipinski definition) is 0. The Morgan fingerprint density at radius 2 is 1.93 bits per heavy atom. The summed E-state index contributed by atoms with van der Waals surface area (Å²) in [5.74, 6) is 0.729. The molecule has 138 valence electrons. The van der Waals surface area contributed by atoms with Gasteiger partial charge < -0.3 is 9.80 Å². The highest BCUT2D eigenvalue weighted by Gasteiger charge is 2.29. The third-order valence-corrected chi connectivity index (χ3v) is 4.68. The number of amides is 1. The summed E-state index contributed by atoms with van der Waals surface area (Å²) in [5.41, 5.74) is 1.93. The van der Waals surface area contributed by atoms with Gasteiger partial charge in [-0.2, -0.15) is 5.10 Å². The van der Waals surface area contributed by atoms with E-state index in [0.29, 0.717) is 32.0 Å². The number of fused-ring (bicyclic) bond motifs is 1. The highest BCUT2D eigenvalue weighted by atomic mass is 16.2. The molecule has 0 saturated carbocycles. The fourth-order valence-electron chi connectivity index (χ4n) is 3.33. The van der Waals surface area contributed by atoms with Crippen molar-refractivity contribution in [3.05, 3.63) is 66.5 Å². The van der Waals surface area contributed by atoms with Crippen LogP contribution in [0.4, 0.5) is 5.95 Å². The molecule has 27 heavy (non-hydrogen) atoms. The van der Waals surface area contributed by atoms with Crippen LogP contribution in [0.1, 0.15) is 23.9 Å². The van der Waals surface area contributed by atoms with Gasteiger partial charge >= 0.3 is 0 Å². The molecule has 1 amide bonds. The van der Waals surface area contributed by atoms with Crippen molar-refractivity contribution in [2.24, 2.45) is 0 Å². The molecule has 1 aliphatic rings. The molecular weight excluding hydrogens is 342 g/mol. The summed E-state index contributed by atoms with van der Waals surface area (Å²) >= 11 is 0. The minimum Gasteiger partial charge on any atom is -0.340 e. The molecule has 4 heterocycles. The minimum absolute atomic E-state index is 0.0583. The molecule has 4 rings (SSSR count). The molecule has 8 nitrogen and oxygen atoms in total. The maximum Gasteiger partial charge on any atom is 0.225 e. The van der Waals surface area contributed by atoms with E-state index in [2.05, 4.69) is 25.0 Å². The quantitative estimate of drug-likeness (QED) is 0.686. The summed E-state index contributed by atoms with van der Waals surface area (Å²) in [6.07, 6.45) is 7.34. The lowest BCUT2D eigenvalue weighted by Crippen LogP contribution is -2.41. The Hall–Kier alpha value is -3.29. The van der Waals surface area contributed by atoms with Crippen molar-refractivity contribution >= 4 is 11.9 Å². The molecule has 0 bridgehead atoms. The zero-order chi connectivity index (χ0) is 18.6. The van der Waals surface area contributed by atoms with Crippen LogP contribution in [0, 0.1) is 0 Å². The molecule has 1 atom stereocenters. The van der Waals surface area contributed by atoms with Crippen LogP contribution in [0.15, 0.2) is 55.1 Å². The second-order valence-electron chi connectivity index (χ2n) is 6.63. The van der Waals surface area contributed by atoms with Crippen molar-refractivity contribution in [2.75, 3.05) is 18.5 Å². The van der Waals surface area contributed by atoms with Crippen LogP contribution >= 0.6 is 0 Å². The number of nitrogens with zero attached hydrogens (tertiary/aromatic N) is 7. The number of pyridine rings is 1. The van der Waals surface area contributed by atoms with Crippen molar-refractivity contribution in [1.82, 2.24) is 29.6 Å². The molecule has 0 fully saturated rings. The first kappa shape index (κ1) is 17.1. The van der Waals surface area contributed by atoms with Crippen LogP contribution in [-0.4, -0.2) is 49.1 Å². The van der Waals surface area contributed by atoms with E-state index in [0.717, 1.165) is 11.4 Å². The third-order valence-electron chi connectivity index (χ3n) is 4.68. The number of hydrogen-bond acceptors (Lipinski definition) is 6. The number of anilines is 1. The van der Waals surface area contributed by atoms with Gasteiger partial charge in [0, 0.05) is 38.4 Å². The topological polar surface area (TPSA) is 80.0 Å². The highest BCUT2D eigenvalue weighted by Crippen LogP contribution is 2.26. The number of rotatable bonds is 5. The first-order valence-corrected chi connectivity index (χ1v) is 8.89. The van der Waals surface area contributed by atoms with Crippen molar-refractivity contribution in [3.8, 4) is 0 Å². The molecule has 0 unspecified atom stereocenters. The Kier molecular flexibility index (Phi) is 4.78. The van der Waals surface area contributed by atoms with Crippen LogP contribution < -0.4 is 4.90 Å². The molecular formula is C19H21N7O. The van der Waals surface area contributed by atoms with E-state index in [1.54, 1.807) is 35.8 Å². The molecule has 0 N–H and O–H groups in total. The van der Waals surface area contributed by atoms with E-state index >= 15 is 0 Å². The Morgan fingerprint density at radius 1 is 1.11 bits per heavy atom. The molecule has 0 aliphatic carbocycles. The molecule has 1 aliphatic heterocycles. The zero-order valence-corrected chi connectivity index (χ0v) is 15.1. The predicted molar refractivity (Wildman–Crippen MR) is 99.7 cm³/mol. The summed E-state index contributed by atoms with van der Waals surface area (Å²) in [7, 11) is 1.81. The van der Waals surface area contributed by atoms with Gasteiger partial charge in [0.25, 0.3) is 0 Å². The Bertz CT molecular complexity index is 897. The van der Waals surface area contributed by atoms with Gasteiger partial charge in [0.2, 0.25) is 11.9 Å². The van der Waals surface area contributed by atoms with Crippen LogP contribution in [0.25, 0.3) is 0 Å². The predicted octanol–water partition coefficient (Wildman–Crippen LogP) is 1.68. The van der Waals surface area contributed by atoms with E-state index in [4.69, 9.17) is 0 Å². The summed E-state index contributed by atoms with van der Waals surface area (Å²) < 4.78 is 1.95. The van der Waals surface area contributed by atoms with E-state index < -0.39 is 0 Å². The Labute approximate surface area is 157 Å². The number of carbonyl (C=O) groups is 1. The standard InChI is InChI=1S/C19H21N7O/c1-24(12-15-5-2-3-7-20-15)18(27)11-17-14-25(19-21-8-4-9-22-19)13-16-6-10-23-26(16)17/h2-10,17H,11-14H2,1H3/t17-/m1/s1. The average Bonchev–Trinajstić information content (AvgIpc) is 3.18. The third kappa shape index (κ3) is 3.79. The van der Waals surface area contributed by atoms with Gasteiger partial charge in [-0.25, -0.2) is 9.97 Å². The Balaban J connectivity index is 1.48. The fourth-order valence-corrected chi connectivity index (χ4v) is 3.33. The van der Waals surface area contributed by atoms with Gasteiger partial charge in [-0.15, -0.1) is 0 Å². The highest BCUT2D eigenvalue weighted by molar-refractivity contribution is 5.76. The van der Waals surface area contributed by atoms with Crippen molar-refractivity contribution in [1.29, 1.82) is 0 Å². The van der Waals surface area contributed by atoms with Crippen molar-refractivity contribution < 1.29 is 4.79 Å². The van der Waals surface area contributed by atoms with E-state index in [1.807, 2.05) is 36.0 Å². The Morgan fingerprint density at radius 3 is 2.70 bits per heavy atom. The molecule has 0 radical (unpaired) electrons. The lowest BCUT2D eigenvalue weighted by molar-refractivity contribution is -0.131. The number of aromatic nitrogens is 5. The lowest BCUT2D eigenvalue weighted by Gasteiger charge is -2.34. The monoisotopic (exact) mass is 363 g/mol. The minimum atomic E-state index is -0.0637. The van der Waals surface area contributed by atoms with Crippen molar-refractivity contribution in [2.45, 2.75) is 25.6 Å². The maximum atomic E-state index is 12.8. The lowest BCUT2D eigenvalue weighted by atomic mass is 10.1. The zero-order valence-electron chi connectivity index (χ0n) is 15.1. The summed E-state index contributed by atoms with van der Waals surface area (Å²) in [5, 5.41) is 4.43. The second kappa shape index (κ2) is 7.53. The smallest absolute Gasteiger partial charge is 0.225 e.